The van der Waals surface area contributed by atoms with Gasteiger partial charge in [-0.3, -0.25) is 0 Å². The summed E-state index contributed by atoms with van der Waals surface area (Å²) in [5, 5.41) is 12.3. The lowest BCUT2D eigenvalue weighted by Gasteiger charge is -2.21. The molecule has 0 amide bonds. The Morgan fingerprint density at radius 3 is 2.48 bits per heavy atom. The summed E-state index contributed by atoms with van der Waals surface area (Å²) in [5.74, 6) is 0.529. The number of anilines is 1. The number of aliphatic hydroxyl groups is 1. The van der Waals surface area contributed by atoms with Crippen LogP contribution in [0.5, 0.6) is 5.75 Å². The van der Waals surface area contributed by atoms with E-state index in [0.717, 1.165) is 6.07 Å². The van der Waals surface area contributed by atoms with Gasteiger partial charge in [0, 0.05) is 17.3 Å². The summed E-state index contributed by atoms with van der Waals surface area (Å²) in [5.41, 5.74) is 0.686. The predicted molar refractivity (Wildman–Crippen MR) is 82.4 cm³/mol. The van der Waals surface area contributed by atoms with Crippen molar-refractivity contribution >= 4 is 5.69 Å². The Kier molecular flexibility index (Phi) is 5.15. The van der Waals surface area contributed by atoms with Crippen LogP contribution in [0.4, 0.5) is 18.9 Å². The molecule has 23 heavy (non-hydrogen) atoms. The predicted octanol–water partition coefficient (Wildman–Crippen LogP) is 4.38. The quantitative estimate of drug-likeness (QED) is 0.857. The first kappa shape index (κ1) is 17.1. The van der Waals surface area contributed by atoms with Crippen LogP contribution in [0, 0.1) is 0 Å². The van der Waals surface area contributed by atoms with Crippen molar-refractivity contribution in [2.45, 2.75) is 25.7 Å². The lowest BCUT2D eigenvalue weighted by Crippen LogP contribution is -2.15. The van der Waals surface area contributed by atoms with Gasteiger partial charge in [-0.15, -0.1) is 0 Å². The Morgan fingerprint density at radius 1 is 1.17 bits per heavy atom. The van der Waals surface area contributed by atoms with Gasteiger partial charge in [-0.2, -0.15) is 13.2 Å². The van der Waals surface area contributed by atoms with Crippen LogP contribution in [-0.4, -0.2) is 12.2 Å². The topological polar surface area (TPSA) is 41.5 Å². The highest BCUT2D eigenvalue weighted by Gasteiger charge is 2.34. The third-order valence-electron chi connectivity index (χ3n) is 3.57. The zero-order valence-corrected chi connectivity index (χ0v) is 12.8. The van der Waals surface area contributed by atoms with Crippen LogP contribution in [0.1, 0.15) is 29.7 Å². The van der Waals surface area contributed by atoms with Crippen molar-refractivity contribution in [2.24, 2.45) is 0 Å². The van der Waals surface area contributed by atoms with E-state index in [9.17, 15) is 18.3 Å². The number of nitrogens with one attached hydrogen (secondary N) is 1. The van der Waals surface area contributed by atoms with Crippen molar-refractivity contribution < 1.29 is 23.0 Å². The first-order valence-electron chi connectivity index (χ1n) is 7.07. The number of halogens is 3. The summed E-state index contributed by atoms with van der Waals surface area (Å²) in [6.07, 6.45) is -4.40. The highest BCUT2D eigenvalue weighted by atomic mass is 19.4. The van der Waals surface area contributed by atoms with E-state index in [4.69, 9.17) is 4.74 Å². The van der Waals surface area contributed by atoms with Gasteiger partial charge in [-0.05, 0) is 36.8 Å². The zero-order chi connectivity index (χ0) is 17.0. The molecule has 0 bridgehead atoms. The van der Waals surface area contributed by atoms with Crippen molar-refractivity contribution in [1.82, 2.24) is 0 Å². The van der Waals surface area contributed by atoms with Gasteiger partial charge in [-0.25, -0.2) is 0 Å². The number of alkyl halides is 3. The van der Waals surface area contributed by atoms with Gasteiger partial charge in [0.1, 0.15) is 5.75 Å². The zero-order valence-electron chi connectivity index (χ0n) is 12.8. The molecule has 6 heteroatoms. The fraction of sp³-hybridized carbons (Fsp3) is 0.294. The molecule has 0 fully saturated rings. The molecular formula is C17H18F3NO2. The molecular weight excluding hydrogens is 307 g/mol. The van der Waals surface area contributed by atoms with E-state index in [1.54, 1.807) is 31.2 Å². The third kappa shape index (κ3) is 3.96. The smallest absolute Gasteiger partial charge is 0.416 e. The average Bonchev–Trinajstić information content (AvgIpc) is 2.53. The average molecular weight is 325 g/mol. The van der Waals surface area contributed by atoms with Crippen molar-refractivity contribution in [1.29, 1.82) is 0 Å². The highest BCUT2D eigenvalue weighted by molar-refractivity contribution is 5.53. The standard InChI is InChI=1S/C17H18F3NO2/c1-11(14-5-3-4-6-15(14)17(18,19)20)21-13-7-8-16(23-2)12(9-13)10-22/h3-9,11,21-22H,10H2,1-2H3. The summed E-state index contributed by atoms with van der Waals surface area (Å²) in [7, 11) is 1.49. The van der Waals surface area contributed by atoms with Crippen LogP contribution < -0.4 is 10.1 Å². The number of aliphatic hydroxyl groups excluding tert-OH is 1. The number of methoxy groups -OCH3 is 1. The Bertz CT molecular complexity index is 671. The summed E-state index contributed by atoms with van der Waals surface area (Å²) in [6, 6.07) is 9.95. The lowest BCUT2D eigenvalue weighted by molar-refractivity contribution is -0.138. The van der Waals surface area contributed by atoms with E-state index in [1.807, 2.05) is 0 Å². The number of benzene rings is 2. The molecule has 1 atom stereocenters. The SMILES string of the molecule is COc1ccc(NC(C)c2ccccc2C(F)(F)F)cc1CO. The van der Waals surface area contributed by atoms with Gasteiger partial charge < -0.3 is 15.2 Å². The molecule has 2 aromatic carbocycles. The normalized spacial score (nSPS) is 12.8. The molecule has 2 N–H and O–H groups in total. The van der Waals surface area contributed by atoms with E-state index < -0.39 is 17.8 Å². The Morgan fingerprint density at radius 2 is 1.87 bits per heavy atom. The molecule has 0 radical (unpaired) electrons. The number of ether oxygens (including phenoxy) is 1. The molecule has 3 nitrogen and oxygen atoms in total. The first-order chi connectivity index (χ1) is 10.9. The van der Waals surface area contributed by atoms with Crippen molar-refractivity contribution in [2.75, 3.05) is 12.4 Å². The molecule has 1 unspecified atom stereocenters. The minimum absolute atomic E-state index is 0.168. The Hall–Kier alpha value is -2.21. The monoisotopic (exact) mass is 325 g/mol. The molecule has 2 aromatic rings. The minimum atomic E-state index is -4.40. The molecule has 0 saturated heterocycles. The second-order valence-electron chi connectivity index (χ2n) is 5.14. The van der Waals surface area contributed by atoms with Gasteiger partial charge in [0.2, 0.25) is 0 Å². The molecule has 0 saturated carbocycles. The molecule has 0 aliphatic rings. The summed E-state index contributed by atoms with van der Waals surface area (Å²) in [4.78, 5) is 0. The molecule has 0 aliphatic carbocycles. The van der Waals surface area contributed by atoms with E-state index >= 15 is 0 Å². The lowest BCUT2D eigenvalue weighted by atomic mass is 10.0. The van der Waals surface area contributed by atoms with Gasteiger partial charge in [-0.1, -0.05) is 18.2 Å². The van der Waals surface area contributed by atoms with Crippen LogP contribution in [-0.2, 0) is 12.8 Å². The van der Waals surface area contributed by atoms with Crippen LogP contribution in [0.2, 0.25) is 0 Å². The minimum Gasteiger partial charge on any atom is -0.496 e. The highest BCUT2D eigenvalue weighted by Crippen LogP contribution is 2.35. The molecule has 0 spiro atoms. The van der Waals surface area contributed by atoms with Gasteiger partial charge in [0.05, 0.1) is 19.3 Å². The Labute approximate surface area is 132 Å². The fourth-order valence-electron chi connectivity index (χ4n) is 2.45. The molecule has 0 aromatic heterocycles. The number of hydrogen-bond donors (Lipinski definition) is 2. The van der Waals surface area contributed by atoms with E-state index in [1.165, 1.54) is 19.2 Å². The largest absolute Gasteiger partial charge is 0.496 e. The summed E-state index contributed by atoms with van der Waals surface area (Å²) < 4.78 is 44.4. The maximum atomic E-state index is 13.1. The van der Waals surface area contributed by atoms with Crippen molar-refractivity contribution in [3.63, 3.8) is 0 Å². The van der Waals surface area contributed by atoms with Crippen molar-refractivity contribution in [3.8, 4) is 5.75 Å². The van der Waals surface area contributed by atoms with E-state index in [0.29, 0.717) is 17.0 Å². The third-order valence-corrected chi connectivity index (χ3v) is 3.57. The molecule has 0 aliphatic heterocycles. The summed E-state index contributed by atoms with van der Waals surface area (Å²) in [6.45, 7) is 1.44. The van der Waals surface area contributed by atoms with E-state index in [-0.39, 0.29) is 12.2 Å². The molecule has 124 valence electrons. The van der Waals surface area contributed by atoms with Crippen LogP contribution >= 0.6 is 0 Å². The summed E-state index contributed by atoms with van der Waals surface area (Å²) >= 11 is 0. The first-order valence-corrected chi connectivity index (χ1v) is 7.07. The molecule has 2 rings (SSSR count). The number of hydrogen-bond acceptors (Lipinski definition) is 3. The molecule has 0 heterocycles. The van der Waals surface area contributed by atoms with Gasteiger partial charge in [0.15, 0.2) is 0 Å². The van der Waals surface area contributed by atoms with Gasteiger partial charge >= 0.3 is 6.18 Å². The second-order valence-corrected chi connectivity index (χ2v) is 5.14. The second kappa shape index (κ2) is 6.91. The Balaban J connectivity index is 2.28. The number of rotatable bonds is 5. The van der Waals surface area contributed by atoms with Crippen LogP contribution in [0.15, 0.2) is 42.5 Å². The van der Waals surface area contributed by atoms with Crippen LogP contribution in [0.3, 0.4) is 0 Å². The maximum Gasteiger partial charge on any atom is 0.416 e. The maximum absolute atomic E-state index is 13.1. The van der Waals surface area contributed by atoms with Crippen molar-refractivity contribution in [3.05, 3.63) is 59.2 Å². The van der Waals surface area contributed by atoms with Crippen LogP contribution in [0.25, 0.3) is 0 Å². The fourth-order valence-corrected chi connectivity index (χ4v) is 2.45. The van der Waals surface area contributed by atoms with E-state index in [2.05, 4.69) is 5.32 Å². The van der Waals surface area contributed by atoms with Gasteiger partial charge in [0.25, 0.3) is 0 Å².